The van der Waals surface area contributed by atoms with Gasteiger partial charge in [0, 0.05) is 13.5 Å². The average Bonchev–Trinajstić information content (AvgIpc) is 2.29. The fourth-order valence-corrected chi connectivity index (χ4v) is 1.02. The Balaban J connectivity index is 2.49. The first-order valence-electron chi connectivity index (χ1n) is 4.32. The Kier molecular flexibility index (Phi) is 2.50. The summed E-state index contributed by atoms with van der Waals surface area (Å²) in [6, 6.07) is 0. The van der Waals surface area contributed by atoms with Gasteiger partial charge in [0.15, 0.2) is 0 Å². The van der Waals surface area contributed by atoms with Crippen molar-refractivity contribution in [1.29, 1.82) is 0 Å². The van der Waals surface area contributed by atoms with E-state index in [-0.39, 0.29) is 0 Å². The molecule has 0 aliphatic heterocycles. The number of nitrogens with zero attached hydrogens (tertiary/aromatic N) is 3. The Morgan fingerprint density at radius 1 is 1.42 bits per heavy atom. The largest absolute Gasteiger partial charge is 0.321 e. The van der Waals surface area contributed by atoms with Gasteiger partial charge in [-0.2, -0.15) is 0 Å². The van der Waals surface area contributed by atoms with E-state index in [4.69, 9.17) is 0 Å². The van der Waals surface area contributed by atoms with Crippen LogP contribution in [0.2, 0.25) is 0 Å². The lowest BCUT2D eigenvalue weighted by Crippen LogP contribution is -2.08. The van der Waals surface area contributed by atoms with Crippen LogP contribution in [0.15, 0.2) is 6.33 Å². The van der Waals surface area contributed by atoms with Crippen LogP contribution in [0.5, 0.6) is 0 Å². The molecule has 0 unspecified atom stereocenters. The van der Waals surface area contributed by atoms with Crippen LogP contribution in [0, 0.1) is 5.41 Å². The van der Waals surface area contributed by atoms with Crippen molar-refractivity contribution in [2.45, 2.75) is 33.6 Å². The zero-order valence-electron chi connectivity index (χ0n) is 8.33. The molecule has 1 aromatic rings. The third-order valence-corrected chi connectivity index (χ3v) is 1.90. The Labute approximate surface area is 73.8 Å². The van der Waals surface area contributed by atoms with E-state index in [1.54, 1.807) is 6.33 Å². The number of hydrogen-bond acceptors (Lipinski definition) is 2. The summed E-state index contributed by atoms with van der Waals surface area (Å²) in [6.07, 6.45) is 3.91. The molecule has 1 heterocycles. The lowest BCUT2D eigenvalue weighted by molar-refractivity contribution is 0.372. The van der Waals surface area contributed by atoms with Crippen LogP contribution >= 0.6 is 0 Å². The van der Waals surface area contributed by atoms with E-state index in [1.807, 2.05) is 11.6 Å². The molecule has 1 rings (SSSR count). The summed E-state index contributed by atoms with van der Waals surface area (Å²) in [7, 11) is 1.98. The molecule has 0 N–H and O–H groups in total. The van der Waals surface area contributed by atoms with Gasteiger partial charge >= 0.3 is 0 Å². The standard InChI is InChI=1S/C9H17N3/c1-9(2,3)6-5-8-11-10-7-12(8)4/h7H,5-6H2,1-4H3. The number of rotatable bonds is 2. The van der Waals surface area contributed by atoms with Crippen molar-refractivity contribution >= 4 is 0 Å². The van der Waals surface area contributed by atoms with Crippen molar-refractivity contribution in [3.63, 3.8) is 0 Å². The number of hydrogen-bond donors (Lipinski definition) is 0. The molecule has 0 saturated carbocycles. The van der Waals surface area contributed by atoms with Crippen LogP contribution in [0.4, 0.5) is 0 Å². The molecule has 0 aromatic carbocycles. The molecule has 0 aliphatic rings. The summed E-state index contributed by atoms with van der Waals surface area (Å²) < 4.78 is 1.98. The van der Waals surface area contributed by atoms with Crippen LogP contribution in [-0.4, -0.2) is 14.8 Å². The molecule has 68 valence electrons. The van der Waals surface area contributed by atoms with Crippen LogP contribution in [0.3, 0.4) is 0 Å². The SMILES string of the molecule is Cn1cnnc1CCC(C)(C)C. The summed E-state index contributed by atoms with van der Waals surface area (Å²) in [5.74, 6) is 1.07. The highest BCUT2D eigenvalue weighted by Crippen LogP contribution is 2.20. The number of aryl methyl sites for hydroxylation is 2. The van der Waals surface area contributed by atoms with Gasteiger partial charge in [-0.1, -0.05) is 20.8 Å². The fourth-order valence-electron chi connectivity index (χ4n) is 1.02. The Morgan fingerprint density at radius 2 is 2.08 bits per heavy atom. The van der Waals surface area contributed by atoms with E-state index in [1.165, 1.54) is 0 Å². The second-order valence-electron chi connectivity index (χ2n) is 4.42. The van der Waals surface area contributed by atoms with Crippen molar-refractivity contribution < 1.29 is 0 Å². The summed E-state index contributed by atoms with van der Waals surface area (Å²) in [5, 5.41) is 7.87. The smallest absolute Gasteiger partial charge is 0.132 e. The predicted octanol–water partition coefficient (Wildman–Crippen LogP) is 1.79. The van der Waals surface area contributed by atoms with E-state index in [2.05, 4.69) is 31.0 Å². The Morgan fingerprint density at radius 3 is 2.50 bits per heavy atom. The van der Waals surface area contributed by atoms with Crippen LogP contribution < -0.4 is 0 Å². The van der Waals surface area contributed by atoms with E-state index in [9.17, 15) is 0 Å². The minimum absolute atomic E-state index is 0.381. The Bertz CT molecular complexity index is 245. The average molecular weight is 167 g/mol. The normalized spacial score (nSPS) is 12.0. The first kappa shape index (κ1) is 9.23. The second kappa shape index (κ2) is 3.25. The fraction of sp³-hybridized carbons (Fsp3) is 0.778. The monoisotopic (exact) mass is 167 g/mol. The van der Waals surface area contributed by atoms with E-state index in [0.717, 1.165) is 18.7 Å². The molecule has 0 spiro atoms. The van der Waals surface area contributed by atoms with Gasteiger partial charge in [0.25, 0.3) is 0 Å². The third kappa shape index (κ3) is 2.64. The van der Waals surface area contributed by atoms with Crippen molar-refractivity contribution in [2.24, 2.45) is 12.5 Å². The third-order valence-electron chi connectivity index (χ3n) is 1.90. The Hall–Kier alpha value is -0.860. The number of aromatic nitrogens is 3. The zero-order valence-corrected chi connectivity index (χ0v) is 8.33. The maximum atomic E-state index is 4.03. The van der Waals surface area contributed by atoms with Gasteiger partial charge in [-0.15, -0.1) is 10.2 Å². The molecule has 0 aliphatic carbocycles. The molecule has 1 aromatic heterocycles. The second-order valence-corrected chi connectivity index (χ2v) is 4.42. The van der Waals surface area contributed by atoms with Crippen LogP contribution in [0.25, 0.3) is 0 Å². The molecule has 0 bridgehead atoms. The first-order valence-corrected chi connectivity index (χ1v) is 4.32. The first-order chi connectivity index (χ1) is 5.49. The molecular formula is C9H17N3. The van der Waals surface area contributed by atoms with Gasteiger partial charge in [0.2, 0.25) is 0 Å². The van der Waals surface area contributed by atoms with Gasteiger partial charge in [-0.3, -0.25) is 0 Å². The van der Waals surface area contributed by atoms with Crippen molar-refractivity contribution in [3.8, 4) is 0 Å². The van der Waals surface area contributed by atoms with Gasteiger partial charge < -0.3 is 4.57 Å². The van der Waals surface area contributed by atoms with Gasteiger partial charge in [0.1, 0.15) is 12.2 Å². The molecule has 12 heavy (non-hydrogen) atoms. The van der Waals surface area contributed by atoms with Gasteiger partial charge in [-0.25, -0.2) is 0 Å². The topological polar surface area (TPSA) is 30.7 Å². The minimum Gasteiger partial charge on any atom is -0.321 e. The van der Waals surface area contributed by atoms with Crippen molar-refractivity contribution in [2.75, 3.05) is 0 Å². The highest BCUT2D eigenvalue weighted by atomic mass is 15.2. The minimum atomic E-state index is 0.381. The highest BCUT2D eigenvalue weighted by Gasteiger charge is 2.11. The summed E-state index contributed by atoms with van der Waals surface area (Å²) in [5.41, 5.74) is 0.381. The van der Waals surface area contributed by atoms with Crippen LogP contribution in [-0.2, 0) is 13.5 Å². The maximum Gasteiger partial charge on any atom is 0.132 e. The summed E-state index contributed by atoms with van der Waals surface area (Å²) in [6.45, 7) is 6.72. The van der Waals surface area contributed by atoms with E-state index in [0.29, 0.717) is 5.41 Å². The highest BCUT2D eigenvalue weighted by molar-refractivity contribution is 4.85. The molecule has 3 heteroatoms. The summed E-state index contributed by atoms with van der Waals surface area (Å²) >= 11 is 0. The lowest BCUT2D eigenvalue weighted by Gasteiger charge is -2.16. The molecule has 0 atom stereocenters. The predicted molar refractivity (Wildman–Crippen MR) is 48.8 cm³/mol. The van der Waals surface area contributed by atoms with Crippen LogP contribution in [0.1, 0.15) is 33.0 Å². The van der Waals surface area contributed by atoms with Crippen molar-refractivity contribution in [3.05, 3.63) is 12.2 Å². The molecule has 0 saturated heterocycles. The molecule has 0 fully saturated rings. The van der Waals surface area contributed by atoms with E-state index < -0.39 is 0 Å². The van der Waals surface area contributed by atoms with Gasteiger partial charge in [-0.05, 0) is 11.8 Å². The van der Waals surface area contributed by atoms with E-state index >= 15 is 0 Å². The lowest BCUT2D eigenvalue weighted by atomic mass is 9.90. The maximum absolute atomic E-state index is 4.03. The molecule has 3 nitrogen and oxygen atoms in total. The van der Waals surface area contributed by atoms with Crippen molar-refractivity contribution in [1.82, 2.24) is 14.8 Å². The quantitative estimate of drug-likeness (QED) is 0.672. The van der Waals surface area contributed by atoms with Gasteiger partial charge in [0.05, 0.1) is 0 Å². The summed E-state index contributed by atoms with van der Waals surface area (Å²) in [4.78, 5) is 0. The zero-order chi connectivity index (χ0) is 9.19. The molecule has 0 radical (unpaired) electrons. The molecular weight excluding hydrogens is 150 g/mol. The molecule has 0 amide bonds.